The molecule has 1 heterocycles. The normalized spacial score (nSPS) is 13.3. The Balaban J connectivity index is 1.81. The number of Topliss-reactive ketones (excluding diaryl/α,β-unsaturated/α-hetero) is 1. The summed E-state index contributed by atoms with van der Waals surface area (Å²) in [4.78, 5) is 16.0. The Labute approximate surface area is 151 Å². The van der Waals surface area contributed by atoms with Crippen molar-refractivity contribution in [1.29, 1.82) is 0 Å². The Morgan fingerprint density at radius 3 is 2.77 bits per heavy atom. The number of carbonyl (C=O) groups is 1. The maximum absolute atomic E-state index is 13.8. The fourth-order valence-electron chi connectivity index (χ4n) is 3.07. The van der Waals surface area contributed by atoms with Crippen LogP contribution in [0.15, 0.2) is 48.7 Å². The molecular weight excluding hydrogens is 331 g/mol. The number of aryl methyl sites for hydroxylation is 1. The van der Waals surface area contributed by atoms with Gasteiger partial charge >= 0.3 is 0 Å². The van der Waals surface area contributed by atoms with Crippen LogP contribution in [0.25, 0.3) is 15.7 Å². The molecule has 0 spiro atoms. The van der Waals surface area contributed by atoms with Gasteiger partial charge in [0.1, 0.15) is 11.4 Å². The number of nitrogens with zero attached hydrogens (tertiary/aromatic N) is 2. The molecule has 0 saturated carbocycles. The Bertz CT molecular complexity index is 1030. The van der Waals surface area contributed by atoms with E-state index < -0.39 is 5.60 Å². The van der Waals surface area contributed by atoms with Crippen molar-refractivity contribution in [1.82, 2.24) is 4.57 Å². The first-order chi connectivity index (χ1) is 12.3. The van der Waals surface area contributed by atoms with Crippen molar-refractivity contribution < 1.29 is 14.3 Å². The minimum Gasteiger partial charge on any atom is -0.380 e. The van der Waals surface area contributed by atoms with Crippen LogP contribution in [0, 0.1) is 19.3 Å². The zero-order chi connectivity index (χ0) is 18.9. The van der Waals surface area contributed by atoms with Gasteiger partial charge in [0.2, 0.25) is 0 Å². The van der Waals surface area contributed by atoms with Gasteiger partial charge in [-0.05, 0) is 43.2 Å². The molecule has 0 aliphatic carbocycles. The number of halogens is 1. The molecule has 0 aliphatic heterocycles. The lowest BCUT2D eigenvalue weighted by Gasteiger charge is -2.23. The van der Waals surface area contributed by atoms with Crippen molar-refractivity contribution in [2.75, 3.05) is 0 Å². The molecule has 3 aromatic rings. The van der Waals surface area contributed by atoms with Crippen molar-refractivity contribution in [3.63, 3.8) is 0 Å². The number of ketones is 1. The second-order valence-electron chi connectivity index (χ2n) is 6.72. The van der Waals surface area contributed by atoms with E-state index in [1.807, 2.05) is 6.92 Å². The first kappa shape index (κ1) is 17.8. The fraction of sp³-hybridized carbons (Fsp3) is 0.238. The number of benzene rings is 2. The van der Waals surface area contributed by atoms with E-state index in [1.165, 1.54) is 13.0 Å². The largest absolute Gasteiger partial charge is 0.380 e. The van der Waals surface area contributed by atoms with Crippen molar-refractivity contribution >= 4 is 22.4 Å². The zero-order valence-corrected chi connectivity index (χ0v) is 14.7. The quantitative estimate of drug-likeness (QED) is 0.701. The Morgan fingerprint density at radius 1 is 1.31 bits per heavy atom. The molecule has 0 radical (unpaired) electrons. The van der Waals surface area contributed by atoms with E-state index >= 15 is 0 Å². The van der Waals surface area contributed by atoms with Crippen LogP contribution in [0.1, 0.15) is 18.1 Å². The number of carbonyl (C=O) groups excluding carboxylic acids is 1. The molecule has 1 atom stereocenters. The van der Waals surface area contributed by atoms with Gasteiger partial charge in [0, 0.05) is 18.0 Å². The topological polar surface area (TPSA) is 46.6 Å². The molecule has 3 rings (SSSR count). The summed E-state index contributed by atoms with van der Waals surface area (Å²) in [6.45, 7) is 10.4. The van der Waals surface area contributed by atoms with E-state index in [2.05, 4.69) is 4.85 Å². The van der Waals surface area contributed by atoms with E-state index in [0.717, 1.165) is 11.1 Å². The highest BCUT2D eigenvalue weighted by Gasteiger charge is 2.31. The predicted octanol–water partition coefficient (Wildman–Crippen LogP) is 4.20. The second kappa shape index (κ2) is 6.74. The van der Waals surface area contributed by atoms with Crippen LogP contribution in [-0.4, -0.2) is 21.1 Å². The van der Waals surface area contributed by atoms with E-state index in [4.69, 9.17) is 6.57 Å². The van der Waals surface area contributed by atoms with Crippen LogP contribution in [0.5, 0.6) is 0 Å². The third-order valence-electron chi connectivity index (χ3n) is 4.59. The molecule has 0 bridgehead atoms. The fourth-order valence-corrected chi connectivity index (χ4v) is 3.07. The SMILES string of the molecule is [C-]#[N+]c1ccc(CC(=O)[C@@](C)(O)Cn2ccc3c(F)cccc32)cc1C. The molecule has 1 aromatic heterocycles. The van der Waals surface area contributed by atoms with Gasteiger partial charge < -0.3 is 9.67 Å². The lowest BCUT2D eigenvalue weighted by atomic mass is 9.94. The first-order valence-corrected chi connectivity index (χ1v) is 8.28. The van der Waals surface area contributed by atoms with Crippen LogP contribution in [0.4, 0.5) is 10.1 Å². The third kappa shape index (κ3) is 3.37. The summed E-state index contributed by atoms with van der Waals surface area (Å²) >= 11 is 0. The average Bonchev–Trinajstić information content (AvgIpc) is 2.99. The Hall–Kier alpha value is -2.97. The number of aromatic nitrogens is 1. The highest BCUT2D eigenvalue weighted by molar-refractivity contribution is 5.89. The van der Waals surface area contributed by atoms with Crippen molar-refractivity contribution in [2.24, 2.45) is 0 Å². The summed E-state index contributed by atoms with van der Waals surface area (Å²) in [7, 11) is 0. The number of fused-ring (bicyclic) bond motifs is 1. The molecule has 0 unspecified atom stereocenters. The van der Waals surface area contributed by atoms with Gasteiger partial charge in [-0.25, -0.2) is 9.24 Å². The zero-order valence-electron chi connectivity index (χ0n) is 14.7. The molecule has 0 amide bonds. The summed E-state index contributed by atoms with van der Waals surface area (Å²) in [5, 5.41) is 11.2. The average molecular weight is 350 g/mol. The van der Waals surface area contributed by atoms with E-state index in [-0.39, 0.29) is 24.6 Å². The van der Waals surface area contributed by atoms with Crippen LogP contribution in [0.2, 0.25) is 0 Å². The number of hydrogen-bond acceptors (Lipinski definition) is 2. The molecule has 2 aromatic carbocycles. The van der Waals surface area contributed by atoms with E-state index in [0.29, 0.717) is 16.6 Å². The summed E-state index contributed by atoms with van der Waals surface area (Å²) in [6.07, 6.45) is 1.74. The molecule has 26 heavy (non-hydrogen) atoms. The van der Waals surface area contributed by atoms with Crippen LogP contribution in [-0.2, 0) is 17.8 Å². The molecule has 4 nitrogen and oxygen atoms in total. The molecular formula is C21H19FN2O2. The summed E-state index contributed by atoms with van der Waals surface area (Å²) < 4.78 is 15.5. The van der Waals surface area contributed by atoms with Gasteiger partial charge in [0.15, 0.2) is 11.5 Å². The second-order valence-corrected chi connectivity index (χ2v) is 6.72. The molecule has 0 aliphatic rings. The van der Waals surface area contributed by atoms with Gasteiger partial charge in [-0.15, -0.1) is 0 Å². The van der Waals surface area contributed by atoms with Gasteiger partial charge in [-0.2, -0.15) is 0 Å². The molecule has 0 fully saturated rings. The Morgan fingerprint density at radius 2 is 2.08 bits per heavy atom. The molecule has 0 saturated heterocycles. The summed E-state index contributed by atoms with van der Waals surface area (Å²) in [6, 6.07) is 11.6. The Kier molecular flexibility index (Phi) is 4.62. The first-order valence-electron chi connectivity index (χ1n) is 8.28. The summed E-state index contributed by atoms with van der Waals surface area (Å²) in [5.74, 6) is -0.659. The maximum atomic E-state index is 13.8. The van der Waals surface area contributed by atoms with Crippen molar-refractivity contribution in [3.8, 4) is 0 Å². The molecule has 1 N–H and O–H groups in total. The lowest BCUT2D eigenvalue weighted by Crippen LogP contribution is -2.40. The number of hydrogen-bond donors (Lipinski definition) is 1. The smallest absolute Gasteiger partial charge is 0.190 e. The standard InChI is InChI=1S/C21H19FN2O2/c1-14-11-15(7-8-18(14)23-3)12-20(25)21(2,26)13-24-10-9-16-17(22)5-4-6-19(16)24/h4-11,26H,12-13H2,1-2H3/t21-/m0/s1. The third-order valence-corrected chi connectivity index (χ3v) is 4.59. The van der Waals surface area contributed by atoms with E-state index in [1.54, 1.807) is 47.2 Å². The van der Waals surface area contributed by atoms with Crippen molar-refractivity contribution in [2.45, 2.75) is 32.4 Å². The van der Waals surface area contributed by atoms with Gasteiger partial charge in [0.05, 0.1) is 18.6 Å². The highest BCUT2D eigenvalue weighted by Crippen LogP contribution is 2.24. The maximum Gasteiger partial charge on any atom is 0.190 e. The highest BCUT2D eigenvalue weighted by atomic mass is 19.1. The van der Waals surface area contributed by atoms with Crippen molar-refractivity contribution in [3.05, 3.63) is 77.0 Å². The monoisotopic (exact) mass is 350 g/mol. The minimum atomic E-state index is -1.59. The van der Waals surface area contributed by atoms with Gasteiger partial charge in [-0.1, -0.05) is 24.3 Å². The van der Waals surface area contributed by atoms with E-state index in [9.17, 15) is 14.3 Å². The van der Waals surface area contributed by atoms with Gasteiger partial charge in [0.25, 0.3) is 0 Å². The lowest BCUT2D eigenvalue weighted by molar-refractivity contribution is -0.136. The predicted molar refractivity (Wildman–Crippen MR) is 98.7 cm³/mol. The summed E-state index contributed by atoms with van der Waals surface area (Å²) in [5.41, 5.74) is 1.15. The minimum absolute atomic E-state index is 0.0396. The van der Waals surface area contributed by atoms with Crippen LogP contribution < -0.4 is 0 Å². The van der Waals surface area contributed by atoms with Gasteiger partial charge in [-0.3, -0.25) is 4.79 Å². The molecule has 5 heteroatoms. The molecule has 132 valence electrons. The van der Waals surface area contributed by atoms with Crippen LogP contribution in [0.3, 0.4) is 0 Å². The number of aliphatic hydroxyl groups is 1. The van der Waals surface area contributed by atoms with Crippen LogP contribution >= 0.6 is 0 Å². The number of rotatable bonds is 5.